The van der Waals surface area contributed by atoms with E-state index in [2.05, 4.69) is 4.98 Å². The largest absolute Gasteiger partial charge is 0.350 e. The summed E-state index contributed by atoms with van der Waals surface area (Å²) in [5, 5.41) is 0.661. The van der Waals surface area contributed by atoms with Crippen LogP contribution in [0.1, 0.15) is 22.5 Å². The average Bonchev–Trinajstić information content (AvgIpc) is 3.00. The fourth-order valence-electron chi connectivity index (χ4n) is 3.87. The lowest BCUT2D eigenvalue weighted by Gasteiger charge is -2.25. The minimum absolute atomic E-state index is 0. The second-order valence-electron chi connectivity index (χ2n) is 7.24. The molecule has 0 fully saturated rings. The Bertz CT molecular complexity index is 1040. The normalized spacial score (nSPS) is 15.3. The number of hydrogen-bond donors (Lipinski definition) is 3. The van der Waals surface area contributed by atoms with E-state index in [4.69, 9.17) is 11.5 Å². The predicted octanol–water partition coefficient (Wildman–Crippen LogP) is 3.37. The lowest BCUT2D eigenvalue weighted by Crippen LogP contribution is -2.42. The van der Waals surface area contributed by atoms with Gasteiger partial charge in [-0.1, -0.05) is 24.3 Å². The lowest BCUT2D eigenvalue weighted by atomic mass is 9.98. The Morgan fingerprint density at radius 3 is 2.72 bits per heavy atom. The van der Waals surface area contributed by atoms with E-state index in [9.17, 15) is 13.6 Å². The van der Waals surface area contributed by atoms with Crippen LogP contribution in [0.3, 0.4) is 0 Å². The fraction of sp³-hybridized carbons (Fsp3) is 0.286. The van der Waals surface area contributed by atoms with Gasteiger partial charge < -0.3 is 21.4 Å². The van der Waals surface area contributed by atoms with E-state index >= 15 is 0 Å². The molecule has 5 N–H and O–H groups in total. The van der Waals surface area contributed by atoms with Crippen LogP contribution in [0.5, 0.6) is 0 Å². The summed E-state index contributed by atoms with van der Waals surface area (Å²) in [5.74, 6) is -0.598. The molecule has 29 heavy (non-hydrogen) atoms. The summed E-state index contributed by atoms with van der Waals surface area (Å²) in [6.45, 7) is 0.459. The Hall–Kier alpha value is -2.48. The number of H-pyrrole nitrogens is 1. The maximum absolute atomic E-state index is 13.9. The number of carbonyl (C=O) groups is 1. The number of aromatic amines is 1. The third-order valence-corrected chi connectivity index (χ3v) is 5.18. The van der Waals surface area contributed by atoms with Crippen molar-refractivity contribution < 1.29 is 13.6 Å². The molecule has 1 aliphatic heterocycles. The zero-order valence-corrected chi connectivity index (χ0v) is 16.5. The van der Waals surface area contributed by atoms with Crippen molar-refractivity contribution in [2.75, 3.05) is 13.1 Å². The first-order valence-electron chi connectivity index (χ1n) is 9.26. The second kappa shape index (κ2) is 8.49. The third kappa shape index (κ3) is 3.99. The van der Waals surface area contributed by atoms with Gasteiger partial charge in [0, 0.05) is 42.1 Å². The summed E-state index contributed by atoms with van der Waals surface area (Å²) in [4.78, 5) is 18.0. The van der Waals surface area contributed by atoms with Crippen molar-refractivity contribution in [1.82, 2.24) is 9.88 Å². The molecule has 0 unspecified atom stereocenters. The predicted molar refractivity (Wildman–Crippen MR) is 112 cm³/mol. The first kappa shape index (κ1) is 21.2. The van der Waals surface area contributed by atoms with E-state index < -0.39 is 12.2 Å². The molecule has 1 aliphatic rings. The fourth-order valence-corrected chi connectivity index (χ4v) is 3.87. The zero-order valence-electron chi connectivity index (χ0n) is 15.7. The standard InChI is InChI=1S/C21H22F2N4O.ClH/c22-13-5-6-18-17(8-13)19-16-4-2-1-3-12(16)10-27(21(28)20(19)26-18)11-15(25)7-14(23)9-24;/h1-6,8,14-15,26H,7,9-11,24-25H2;1H/t14-,15-;/m0./s1. The highest BCUT2D eigenvalue weighted by atomic mass is 35.5. The van der Waals surface area contributed by atoms with Gasteiger partial charge in [0.2, 0.25) is 0 Å². The minimum atomic E-state index is -1.20. The molecule has 2 aromatic carbocycles. The van der Waals surface area contributed by atoms with Crippen LogP contribution >= 0.6 is 12.4 Å². The van der Waals surface area contributed by atoms with E-state index in [1.807, 2.05) is 24.3 Å². The number of alkyl halides is 1. The average molecular weight is 421 g/mol. The number of halogens is 3. The van der Waals surface area contributed by atoms with Crippen LogP contribution < -0.4 is 11.5 Å². The molecule has 4 rings (SSSR count). The number of nitrogens with zero attached hydrogens (tertiary/aromatic N) is 1. The summed E-state index contributed by atoms with van der Waals surface area (Å²) >= 11 is 0. The van der Waals surface area contributed by atoms with Crippen LogP contribution in [-0.4, -0.2) is 41.1 Å². The number of carbonyl (C=O) groups excluding carboxylic acids is 1. The first-order valence-corrected chi connectivity index (χ1v) is 9.26. The summed E-state index contributed by atoms with van der Waals surface area (Å²) in [6, 6.07) is 11.5. The van der Waals surface area contributed by atoms with E-state index in [1.54, 1.807) is 11.0 Å². The molecule has 1 aromatic heterocycles. The van der Waals surface area contributed by atoms with Crippen LogP contribution in [0.4, 0.5) is 8.78 Å². The van der Waals surface area contributed by atoms with Gasteiger partial charge in [0.25, 0.3) is 5.91 Å². The summed E-state index contributed by atoms with van der Waals surface area (Å²) in [5.41, 5.74) is 15.0. The summed E-state index contributed by atoms with van der Waals surface area (Å²) in [7, 11) is 0. The highest BCUT2D eigenvalue weighted by Gasteiger charge is 2.30. The van der Waals surface area contributed by atoms with Crippen LogP contribution in [0.2, 0.25) is 0 Å². The molecule has 0 radical (unpaired) electrons. The van der Waals surface area contributed by atoms with Crippen molar-refractivity contribution in [1.29, 1.82) is 0 Å². The molecule has 0 saturated heterocycles. The number of aromatic nitrogens is 1. The van der Waals surface area contributed by atoms with Crippen LogP contribution in [0, 0.1) is 5.82 Å². The molecule has 154 valence electrons. The first-order chi connectivity index (χ1) is 13.5. The molecule has 0 aliphatic carbocycles. The summed E-state index contributed by atoms with van der Waals surface area (Å²) < 4.78 is 27.5. The number of nitrogens with one attached hydrogen (secondary N) is 1. The molecule has 2 atom stereocenters. The zero-order chi connectivity index (χ0) is 19.8. The van der Waals surface area contributed by atoms with Gasteiger partial charge in [-0.3, -0.25) is 4.79 Å². The number of benzene rings is 2. The Labute approximate surface area is 173 Å². The number of fused-ring (bicyclic) bond motifs is 5. The van der Waals surface area contributed by atoms with Gasteiger partial charge in [0.15, 0.2) is 0 Å². The van der Waals surface area contributed by atoms with Crippen molar-refractivity contribution in [3.8, 4) is 11.1 Å². The Morgan fingerprint density at radius 2 is 1.97 bits per heavy atom. The molecule has 2 heterocycles. The molecule has 3 aromatic rings. The van der Waals surface area contributed by atoms with Gasteiger partial charge in [-0.05, 0) is 35.7 Å². The second-order valence-corrected chi connectivity index (χ2v) is 7.24. The van der Waals surface area contributed by atoms with Gasteiger partial charge in [0.1, 0.15) is 17.7 Å². The topological polar surface area (TPSA) is 88.1 Å². The van der Waals surface area contributed by atoms with Crippen LogP contribution in [-0.2, 0) is 6.54 Å². The summed E-state index contributed by atoms with van der Waals surface area (Å²) in [6.07, 6.45) is -1.11. The molecule has 8 heteroatoms. The maximum Gasteiger partial charge on any atom is 0.271 e. The molecule has 0 saturated carbocycles. The van der Waals surface area contributed by atoms with Crippen molar-refractivity contribution in [2.45, 2.75) is 25.2 Å². The molecule has 1 amide bonds. The molecule has 5 nitrogen and oxygen atoms in total. The highest BCUT2D eigenvalue weighted by Crippen LogP contribution is 2.38. The van der Waals surface area contributed by atoms with Crippen molar-refractivity contribution in [3.05, 3.63) is 59.5 Å². The molecular formula is C21H23ClF2N4O. The number of amides is 1. The number of rotatable bonds is 5. The van der Waals surface area contributed by atoms with Crippen molar-refractivity contribution in [3.63, 3.8) is 0 Å². The van der Waals surface area contributed by atoms with Crippen LogP contribution in [0.15, 0.2) is 42.5 Å². The lowest BCUT2D eigenvalue weighted by molar-refractivity contribution is 0.0724. The Kier molecular flexibility index (Phi) is 6.21. The van der Waals surface area contributed by atoms with Gasteiger partial charge in [-0.2, -0.15) is 0 Å². The monoisotopic (exact) mass is 420 g/mol. The van der Waals surface area contributed by atoms with E-state index in [-0.39, 0.29) is 43.6 Å². The maximum atomic E-state index is 13.9. The minimum Gasteiger partial charge on any atom is -0.350 e. The molecular weight excluding hydrogens is 398 g/mol. The number of nitrogens with two attached hydrogens (primary N) is 2. The Morgan fingerprint density at radius 1 is 1.21 bits per heavy atom. The Balaban J connectivity index is 0.00000240. The third-order valence-electron chi connectivity index (χ3n) is 5.18. The SMILES string of the molecule is Cl.NC[C@@H](F)C[C@H](N)CN1Cc2ccccc2-c2c([nH]c3ccc(F)cc23)C1=O. The highest BCUT2D eigenvalue weighted by molar-refractivity contribution is 6.11. The van der Waals surface area contributed by atoms with E-state index in [0.717, 1.165) is 11.1 Å². The van der Waals surface area contributed by atoms with Crippen molar-refractivity contribution >= 4 is 29.2 Å². The van der Waals surface area contributed by atoms with E-state index in [1.165, 1.54) is 12.1 Å². The smallest absolute Gasteiger partial charge is 0.271 e. The molecule has 0 bridgehead atoms. The molecule has 0 spiro atoms. The van der Waals surface area contributed by atoms with Gasteiger partial charge in [-0.15, -0.1) is 12.4 Å². The van der Waals surface area contributed by atoms with Gasteiger partial charge in [0.05, 0.1) is 0 Å². The van der Waals surface area contributed by atoms with Crippen LogP contribution in [0.25, 0.3) is 22.0 Å². The van der Waals surface area contributed by atoms with Gasteiger partial charge in [-0.25, -0.2) is 8.78 Å². The quantitative estimate of drug-likeness (QED) is 0.591. The van der Waals surface area contributed by atoms with E-state index in [0.29, 0.717) is 28.7 Å². The van der Waals surface area contributed by atoms with Crippen molar-refractivity contribution in [2.24, 2.45) is 11.5 Å². The van der Waals surface area contributed by atoms with Gasteiger partial charge >= 0.3 is 0 Å². The number of hydrogen-bond acceptors (Lipinski definition) is 3.